The minimum atomic E-state index is 0.367. The van der Waals surface area contributed by atoms with Crippen LogP contribution in [0.5, 0.6) is 5.75 Å². The molecule has 0 amide bonds. The summed E-state index contributed by atoms with van der Waals surface area (Å²) in [7, 11) is 0. The molecule has 0 saturated heterocycles. The number of carbonyl (C=O) groups is 1. The van der Waals surface area contributed by atoms with Crippen LogP contribution in [0.2, 0.25) is 5.02 Å². The van der Waals surface area contributed by atoms with Gasteiger partial charge in [0.25, 0.3) is 0 Å². The number of hydrogen-bond donors (Lipinski definition) is 0. The van der Waals surface area contributed by atoms with Crippen LogP contribution in [0.25, 0.3) is 0 Å². The predicted octanol–water partition coefficient (Wildman–Crippen LogP) is 3.38. The second-order valence-corrected chi connectivity index (χ2v) is 4.16. The molecule has 0 saturated carbocycles. The number of hydrogen-bond acceptors (Lipinski definition) is 2. The van der Waals surface area contributed by atoms with Crippen LogP contribution in [-0.2, 0) is 4.79 Å². The number of ether oxygens (including phenoxy) is 1. The highest BCUT2D eigenvalue weighted by atomic mass is 79.9. The molecule has 0 aliphatic heterocycles. The van der Waals surface area contributed by atoms with Crippen molar-refractivity contribution in [3.05, 3.63) is 27.2 Å². The zero-order chi connectivity index (χ0) is 10.6. The fraction of sp³-hybridized carbons (Fsp3) is 0.300. The molecule has 0 bridgehead atoms. The molecule has 0 aromatic heterocycles. The Balaban J connectivity index is 2.80. The van der Waals surface area contributed by atoms with Crippen LogP contribution in [0.4, 0.5) is 0 Å². The number of halogens is 2. The van der Waals surface area contributed by atoms with Gasteiger partial charge in [-0.1, -0.05) is 27.5 Å². The van der Waals surface area contributed by atoms with Crippen molar-refractivity contribution in [3.8, 4) is 5.75 Å². The van der Waals surface area contributed by atoms with Crippen molar-refractivity contribution in [2.24, 2.45) is 0 Å². The van der Waals surface area contributed by atoms with E-state index in [1.807, 2.05) is 13.0 Å². The second-order valence-electron chi connectivity index (χ2n) is 2.84. The molecular formula is C10H10BrClO2. The van der Waals surface area contributed by atoms with Gasteiger partial charge >= 0.3 is 0 Å². The fourth-order valence-corrected chi connectivity index (χ4v) is 2.11. The molecule has 1 rings (SSSR count). The molecule has 4 heteroatoms. The van der Waals surface area contributed by atoms with Gasteiger partial charge in [-0.25, -0.2) is 0 Å². The monoisotopic (exact) mass is 276 g/mol. The normalized spacial score (nSPS) is 9.93. The lowest BCUT2D eigenvalue weighted by Crippen LogP contribution is -1.99. The lowest BCUT2D eigenvalue weighted by atomic mass is 10.2. The zero-order valence-electron chi connectivity index (χ0n) is 7.72. The molecule has 0 heterocycles. The Kier molecular flexibility index (Phi) is 4.42. The number of carbonyl (C=O) groups excluding carboxylic acids is 1. The molecule has 0 fully saturated rings. The molecule has 0 unspecified atom stereocenters. The zero-order valence-corrected chi connectivity index (χ0v) is 10.1. The topological polar surface area (TPSA) is 26.3 Å². The standard InChI is InChI=1S/C10H10BrClO2/c1-7-5-8(11)6-9(12)10(7)14-4-2-3-13/h3,5-6H,2,4H2,1H3. The lowest BCUT2D eigenvalue weighted by molar-refractivity contribution is -0.108. The maximum Gasteiger partial charge on any atom is 0.140 e. The smallest absolute Gasteiger partial charge is 0.140 e. The number of benzene rings is 1. The second kappa shape index (κ2) is 5.37. The van der Waals surface area contributed by atoms with Crippen molar-refractivity contribution >= 4 is 33.8 Å². The third kappa shape index (κ3) is 3.00. The van der Waals surface area contributed by atoms with Crippen LogP contribution in [0.15, 0.2) is 16.6 Å². The third-order valence-electron chi connectivity index (χ3n) is 1.68. The van der Waals surface area contributed by atoms with Crippen molar-refractivity contribution in [2.45, 2.75) is 13.3 Å². The van der Waals surface area contributed by atoms with Crippen LogP contribution in [0, 0.1) is 6.92 Å². The van der Waals surface area contributed by atoms with E-state index in [-0.39, 0.29) is 0 Å². The Labute approximate surface area is 96.3 Å². The quantitative estimate of drug-likeness (QED) is 0.623. The average molecular weight is 278 g/mol. The summed E-state index contributed by atoms with van der Waals surface area (Å²) in [5.74, 6) is 0.650. The summed E-state index contributed by atoms with van der Waals surface area (Å²) in [5.41, 5.74) is 0.954. The van der Waals surface area contributed by atoms with Gasteiger partial charge in [-0.05, 0) is 24.6 Å². The number of aryl methyl sites for hydroxylation is 1. The molecule has 76 valence electrons. The molecule has 0 atom stereocenters. The van der Waals surface area contributed by atoms with E-state index in [2.05, 4.69) is 15.9 Å². The lowest BCUT2D eigenvalue weighted by Gasteiger charge is -2.09. The van der Waals surface area contributed by atoms with Crippen LogP contribution >= 0.6 is 27.5 Å². The van der Waals surface area contributed by atoms with E-state index in [4.69, 9.17) is 16.3 Å². The maximum atomic E-state index is 10.1. The summed E-state index contributed by atoms with van der Waals surface area (Å²) < 4.78 is 6.30. The van der Waals surface area contributed by atoms with Gasteiger partial charge in [0.2, 0.25) is 0 Å². The Morgan fingerprint density at radius 1 is 1.57 bits per heavy atom. The highest BCUT2D eigenvalue weighted by Gasteiger charge is 2.06. The van der Waals surface area contributed by atoms with E-state index in [1.54, 1.807) is 6.07 Å². The van der Waals surface area contributed by atoms with Crippen molar-refractivity contribution in [1.29, 1.82) is 0 Å². The first-order valence-electron chi connectivity index (χ1n) is 4.17. The highest BCUT2D eigenvalue weighted by Crippen LogP contribution is 2.31. The third-order valence-corrected chi connectivity index (χ3v) is 2.41. The first-order chi connectivity index (χ1) is 6.65. The first-order valence-corrected chi connectivity index (χ1v) is 5.34. The van der Waals surface area contributed by atoms with Gasteiger partial charge < -0.3 is 9.53 Å². The Morgan fingerprint density at radius 3 is 2.86 bits per heavy atom. The Morgan fingerprint density at radius 2 is 2.29 bits per heavy atom. The summed E-state index contributed by atoms with van der Waals surface area (Å²) >= 11 is 9.30. The molecule has 0 radical (unpaired) electrons. The summed E-state index contributed by atoms with van der Waals surface area (Å²) in [6.45, 7) is 2.28. The number of aldehydes is 1. The van der Waals surface area contributed by atoms with Gasteiger partial charge in [0.1, 0.15) is 12.0 Å². The summed E-state index contributed by atoms with van der Waals surface area (Å²) in [4.78, 5) is 10.1. The van der Waals surface area contributed by atoms with E-state index >= 15 is 0 Å². The highest BCUT2D eigenvalue weighted by molar-refractivity contribution is 9.10. The van der Waals surface area contributed by atoms with E-state index in [1.165, 1.54) is 0 Å². The van der Waals surface area contributed by atoms with E-state index in [0.717, 1.165) is 16.3 Å². The molecule has 0 aliphatic rings. The molecule has 0 N–H and O–H groups in total. The molecule has 1 aromatic carbocycles. The SMILES string of the molecule is Cc1cc(Br)cc(Cl)c1OCCC=O. The molecular weight excluding hydrogens is 267 g/mol. The number of rotatable bonds is 4. The van der Waals surface area contributed by atoms with Crippen LogP contribution in [-0.4, -0.2) is 12.9 Å². The van der Waals surface area contributed by atoms with Gasteiger partial charge in [0.05, 0.1) is 11.6 Å². The Hall–Kier alpha value is -0.540. The fourth-order valence-electron chi connectivity index (χ4n) is 1.08. The van der Waals surface area contributed by atoms with Gasteiger partial charge in [-0.15, -0.1) is 0 Å². The van der Waals surface area contributed by atoms with E-state index < -0.39 is 0 Å². The summed E-state index contributed by atoms with van der Waals surface area (Å²) in [5, 5.41) is 0.558. The van der Waals surface area contributed by atoms with Gasteiger partial charge in [0, 0.05) is 10.9 Å². The summed E-state index contributed by atoms with van der Waals surface area (Å²) in [6, 6.07) is 3.69. The van der Waals surface area contributed by atoms with E-state index in [9.17, 15) is 4.79 Å². The van der Waals surface area contributed by atoms with Crippen LogP contribution in [0.3, 0.4) is 0 Å². The van der Waals surface area contributed by atoms with Gasteiger partial charge in [-0.2, -0.15) is 0 Å². The van der Waals surface area contributed by atoms with Crippen molar-refractivity contribution < 1.29 is 9.53 Å². The summed E-state index contributed by atoms with van der Waals surface area (Å²) in [6.07, 6.45) is 1.20. The largest absolute Gasteiger partial charge is 0.491 e. The van der Waals surface area contributed by atoms with Crippen molar-refractivity contribution in [2.75, 3.05) is 6.61 Å². The molecule has 0 spiro atoms. The minimum Gasteiger partial charge on any atom is -0.491 e. The van der Waals surface area contributed by atoms with Crippen LogP contribution < -0.4 is 4.74 Å². The van der Waals surface area contributed by atoms with Gasteiger partial charge in [-0.3, -0.25) is 0 Å². The molecule has 2 nitrogen and oxygen atoms in total. The van der Waals surface area contributed by atoms with Crippen molar-refractivity contribution in [3.63, 3.8) is 0 Å². The maximum absolute atomic E-state index is 10.1. The van der Waals surface area contributed by atoms with Gasteiger partial charge in [0.15, 0.2) is 0 Å². The van der Waals surface area contributed by atoms with E-state index in [0.29, 0.717) is 23.8 Å². The molecule has 0 aliphatic carbocycles. The first kappa shape index (κ1) is 11.5. The molecule has 1 aromatic rings. The Bertz CT molecular complexity index is 316. The predicted molar refractivity (Wildman–Crippen MR) is 60.1 cm³/mol. The average Bonchev–Trinajstić information content (AvgIpc) is 2.09. The minimum absolute atomic E-state index is 0.367. The van der Waals surface area contributed by atoms with Crippen molar-refractivity contribution in [1.82, 2.24) is 0 Å². The van der Waals surface area contributed by atoms with Crippen LogP contribution in [0.1, 0.15) is 12.0 Å². The molecule has 14 heavy (non-hydrogen) atoms.